The number of nitrogens with zero attached hydrogens (tertiary/aromatic N) is 2. The van der Waals surface area contributed by atoms with E-state index >= 15 is 0 Å². The highest BCUT2D eigenvalue weighted by atomic mass is 27.1. The Hall–Kier alpha value is -1.89. The summed E-state index contributed by atoms with van der Waals surface area (Å²) in [5.74, 6) is 0.791. The summed E-state index contributed by atoms with van der Waals surface area (Å²) in [6.07, 6.45) is 0. The quantitative estimate of drug-likeness (QED) is 0.798. The zero-order valence-corrected chi connectivity index (χ0v) is 13.2. The molecule has 0 unspecified atom stereocenters. The molecule has 0 aliphatic carbocycles. The molecule has 2 radical (unpaired) electrons. The van der Waals surface area contributed by atoms with Gasteiger partial charge in [-0.2, -0.15) is 10.2 Å². The van der Waals surface area contributed by atoms with Crippen molar-refractivity contribution >= 4 is 28.0 Å². The molecule has 3 nitrogen and oxygen atoms in total. The first kappa shape index (κ1) is 14.1. The standard InChI is InChI=1S/C17H16N2O.Al/c1-17(2)15(12-8-4-3-5-9-12)18-19-16(17)13-10-6-7-11-14(13)20;/h3-11,20H,1-2H3;/q;+1/p-1. The Labute approximate surface area is 133 Å². The van der Waals surface area contributed by atoms with Crippen LogP contribution in [0.15, 0.2) is 64.8 Å². The normalized spacial score (nSPS) is 16.3. The zero-order chi connectivity index (χ0) is 14.9. The lowest BCUT2D eigenvalue weighted by Crippen LogP contribution is -2.31. The summed E-state index contributed by atoms with van der Waals surface area (Å²) in [6.45, 7) is 4.29. The Morgan fingerprint density at radius 2 is 1.48 bits per heavy atom. The molecule has 0 N–H and O–H groups in total. The third kappa shape index (κ3) is 2.42. The lowest BCUT2D eigenvalue weighted by atomic mass is 9.77. The van der Waals surface area contributed by atoms with Crippen LogP contribution in [-0.2, 0) is 0 Å². The van der Waals surface area contributed by atoms with Gasteiger partial charge in [0.25, 0.3) is 0 Å². The third-order valence-electron chi connectivity index (χ3n) is 3.75. The Balaban J connectivity index is 2.02. The summed E-state index contributed by atoms with van der Waals surface area (Å²) in [5, 5.41) is 8.87. The number of para-hydroxylation sites is 1. The van der Waals surface area contributed by atoms with Crippen LogP contribution in [0.4, 0.5) is 0 Å². The van der Waals surface area contributed by atoms with Crippen molar-refractivity contribution in [3.63, 3.8) is 0 Å². The van der Waals surface area contributed by atoms with E-state index in [1.165, 1.54) is 0 Å². The zero-order valence-electron chi connectivity index (χ0n) is 12.1. The van der Waals surface area contributed by atoms with Crippen LogP contribution in [0.25, 0.3) is 0 Å². The van der Waals surface area contributed by atoms with Crippen molar-refractivity contribution in [3.8, 4) is 5.75 Å². The van der Waals surface area contributed by atoms with Crippen LogP contribution in [0.5, 0.6) is 5.75 Å². The summed E-state index contributed by atoms with van der Waals surface area (Å²) in [6, 6.07) is 18.1. The molecule has 0 atom stereocenters. The average molecular weight is 290 g/mol. The molecule has 0 spiro atoms. The smallest absolute Gasteiger partial charge is 0.482 e. The molecule has 21 heavy (non-hydrogen) atoms. The van der Waals surface area contributed by atoms with Gasteiger partial charge in [-0.25, -0.2) is 0 Å². The van der Waals surface area contributed by atoms with Crippen molar-refractivity contribution in [3.05, 3.63) is 65.7 Å². The van der Waals surface area contributed by atoms with Gasteiger partial charge in [-0.15, -0.1) is 0 Å². The minimum absolute atomic E-state index is 0.263. The van der Waals surface area contributed by atoms with Crippen molar-refractivity contribution in [1.82, 2.24) is 0 Å². The molecule has 2 aromatic rings. The SMILES string of the molecule is CC1(C)C(c2ccccc2)=NN=C1c1ccccc1[O][Al]. The van der Waals surface area contributed by atoms with Gasteiger partial charge in [-0.1, -0.05) is 42.5 Å². The second-order valence-corrected chi connectivity index (χ2v) is 5.74. The van der Waals surface area contributed by atoms with Crippen LogP contribution in [-0.4, -0.2) is 28.0 Å². The summed E-state index contributed by atoms with van der Waals surface area (Å²) in [7, 11) is 0. The number of rotatable bonds is 3. The molecular formula is C17H15AlN2O. The van der Waals surface area contributed by atoms with Gasteiger partial charge in [-0.05, 0) is 31.5 Å². The lowest BCUT2D eigenvalue weighted by Gasteiger charge is -2.24. The van der Waals surface area contributed by atoms with Gasteiger partial charge in [0.1, 0.15) is 0 Å². The van der Waals surface area contributed by atoms with Crippen molar-refractivity contribution in [2.45, 2.75) is 13.8 Å². The van der Waals surface area contributed by atoms with Gasteiger partial charge in [0.15, 0.2) is 0 Å². The Morgan fingerprint density at radius 3 is 2.19 bits per heavy atom. The Bertz CT molecular complexity index is 721. The molecule has 0 bridgehead atoms. The predicted octanol–water partition coefficient (Wildman–Crippen LogP) is 3.38. The van der Waals surface area contributed by atoms with E-state index in [4.69, 9.17) is 3.79 Å². The highest BCUT2D eigenvalue weighted by Gasteiger charge is 2.38. The molecule has 1 aliphatic heterocycles. The van der Waals surface area contributed by atoms with Crippen molar-refractivity contribution in [1.29, 1.82) is 0 Å². The molecule has 4 heteroatoms. The third-order valence-corrected chi connectivity index (χ3v) is 4.00. The molecule has 1 aliphatic rings. The lowest BCUT2D eigenvalue weighted by molar-refractivity contribution is 0.612. The monoisotopic (exact) mass is 290 g/mol. The largest absolute Gasteiger partial charge is 0.653 e. The molecule has 0 saturated heterocycles. The summed E-state index contributed by atoms with van der Waals surface area (Å²) in [4.78, 5) is 0. The van der Waals surface area contributed by atoms with Crippen LogP contribution < -0.4 is 3.79 Å². The van der Waals surface area contributed by atoms with E-state index in [9.17, 15) is 0 Å². The van der Waals surface area contributed by atoms with Gasteiger partial charge >= 0.3 is 16.6 Å². The van der Waals surface area contributed by atoms with Gasteiger partial charge < -0.3 is 3.79 Å². The minimum atomic E-state index is -0.263. The van der Waals surface area contributed by atoms with Gasteiger partial charge in [-0.3, -0.25) is 0 Å². The molecule has 0 aromatic heterocycles. The van der Waals surface area contributed by atoms with E-state index in [-0.39, 0.29) is 5.41 Å². The van der Waals surface area contributed by atoms with Crippen molar-refractivity contribution < 1.29 is 3.79 Å². The summed E-state index contributed by atoms with van der Waals surface area (Å²) >= 11 is 2.29. The average Bonchev–Trinajstić information content (AvgIpc) is 2.83. The molecule has 2 aromatic carbocycles. The molecule has 1 heterocycles. The minimum Gasteiger partial charge on any atom is -0.653 e. The molecule has 0 saturated carbocycles. The van der Waals surface area contributed by atoms with E-state index < -0.39 is 0 Å². The number of hydrogen-bond donors (Lipinski definition) is 0. The maximum atomic E-state index is 5.38. The molecular weight excluding hydrogens is 275 g/mol. The Morgan fingerprint density at radius 1 is 0.857 bits per heavy atom. The van der Waals surface area contributed by atoms with E-state index in [0.29, 0.717) is 0 Å². The highest BCUT2D eigenvalue weighted by Crippen LogP contribution is 2.35. The second kappa shape index (κ2) is 5.48. The first-order chi connectivity index (χ1) is 10.1. The maximum absolute atomic E-state index is 5.38. The van der Waals surface area contributed by atoms with Gasteiger partial charge in [0.2, 0.25) is 0 Å². The first-order valence-corrected chi connectivity index (χ1v) is 7.30. The molecule has 0 amide bonds. The van der Waals surface area contributed by atoms with E-state index in [1.54, 1.807) is 0 Å². The van der Waals surface area contributed by atoms with Crippen LogP contribution in [0, 0.1) is 5.41 Å². The predicted molar refractivity (Wildman–Crippen MR) is 86.1 cm³/mol. The van der Waals surface area contributed by atoms with E-state index in [1.807, 2.05) is 42.5 Å². The first-order valence-electron chi connectivity index (χ1n) is 6.83. The van der Waals surface area contributed by atoms with E-state index in [0.717, 1.165) is 28.3 Å². The van der Waals surface area contributed by atoms with E-state index in [2.05, 4.69) is 52.8 Å². The fraction of sp³-hybridized carbons (Fsp3) is 0.176. The van der Waals surface area contributed by atoms with Crippen molar-refractivity contribution in [2.75, 3.05) is 0 Å². The fourth-order valence-corrected chi connectivity index (χ4v) is 2.84. The summed E-state index contributed by atoms with van der Waals surface area (Å²) < 4.78 is 5.38. The Kier molecular flexibility index (Phi) is 3.67. The fourth-order valence-electron chi connectivity index (χ4n) is 2.63. The number of benzene rings is 2. The summed E-state index contributed by atoms with van der Waals surface area (Å²) in [5.41, 5.74) is 3.73. The topological polar surface area (TPSA) is 34.0 Å². The molecule has 3 rings (SSSR count). The van der Waals surface area contributed by atoms with Crippen LogP contribution in [0.2, 0.25) is 0 Å². The van der Waals surface area contributed by atoms with Crippen molar-refractivity contribution in [2.24, 2.45) is 15.6 Å². The second-order valence-electron chi connectivity index (χ2n) is 5.50. The number of hydrogen-bond acceptors (Lipinski definition) is 3. The highest BCUT2D eigenvalue weighted by molar-refractivity contribution is 6.26. The van der Waals surface area contributed by atoms with Crippen LogP contribution >= 0.6 is 0 Å². The maximum Gasteiger partial charge on any atom is 0.482 e. The van der Waals surface area contributed by atoms with Crippen LogP contribution in [0.3, 0.4) is 0 Å². The molecule has 0 fully saturated rings. The van der Waals surface area contributed by atoms with Gasteiger partial charge in [0, 0.05) is 5.56 Å². The molecule has 102 valence electrons. The van der Waals surface area contributed by atoms with Crippen LogP contribution in [0.1, 0.15) is 25.0 Å². The van der Waals surface area contributed by atoms with Gasteiger partial charge in [0.05, 0.1) is 22.6 Å².